The van der Waals surface area contributed by atoms with Gasteiger partial charge in [0.15, 0.2) is 0 Å². The van der Waals surface area contributed by atoms with Gasteiger partial charge >= 0.3 is 0 Å². The number of aryl methyl sites for hydroxylation is 1. The number of nitrogens with zero attached hydrogens (tertiary/aromatic N) is 2. The van der Waals surface area contributed by atoms with Crippen LogP contribution in [0.2, 0.25) is 0 Å². The van der Waals surface area contributed by atoms with Crippen LogP contribution < -0.4 is 4.31 Å². The molecular formula is C15H13BrN2O4S. The maximum atomic E-state index is 12.9. The molecule has 0 unspecified atom stereocenters. The monoisotopic (exact) mass is 396 g/mol. The summed E-state index contributed by atoms with van der Waals surface area (Å²) in [4.78, 5) is 10.6. The molecule has 23 heavy (non-hydrogen) atoms. The number of hydrogen-bond acceptors (Lipinski definition) is 4. The molecule has 6 nitrogen and oxygen atoms in total. The van der Waals surface area contributed by atoms with Crippen molar-refractivity contribution in [1.82, 2.24) is 0 Å². The largest absolute Gasteiger partial charge is 0.271 e. The lowest BCUT2D eigenvalue weighted by molar-refractivity contribution is -0.384. The van der Waals surface area contributed by atoms with E-state index in [0.29, 0.717) is 12.1 Å². The maximum Gasteiger partial charge on any atom is 0.271 e. The molecule has 0 radical (unpaired) electrons. The first kappa shape index (κ1) is 15.9. The fraction of sp³-hybridized carbons (Fsp3) is 0.200. The van der Waals surface area contributed by atoms with Crippen molar-refractivity contribution in [3.05, 3.63) is 62.1 Å². The van der Waals surface area contributed by atoms with Crippen LogP contribution >= 0.6 is 15.9 Å². The van der Waals surface area contributed by atoms with Gasteiger partial charge in [0.2, 0.25) is 0 Å². The van der Waals surface area contributed by atoms with E-state index in [4.69, 9.17) is 0 Å². The zero-order valence-corrected chi connectivity index (χ0v) is 14.6. The van der Waals surface area contributed by atoms with E-state index >= 15 is 0 Å². The summed E-state index contributed by atoms with van der Waals surface area (Å²) in [5.41, 5.74) is 1.88. The van der Waals surface area contributed by atoms with Gasteiger partial charge in [-0.3, -0.25) is 14.4 Å². The van der Waals surface area contributed by atoms with Crippen LogP contribution in [0, 0.1) is 17.0 Å². The minimum Gasteiger partial charge on any atom is -0.265 e. The Kier molecular flexibility index (Phi) is 3.89. The van der Waals surface area contributed by atoms with Crippen LogP contribution in [0.15, 0.2) is 45.8 Å². The first-order chi connectivity index (χ1) is 10.8. The molecule has 0 amide bonds. The Balaban J connectivity index is 2.08. The third-order valence-corrected chi connectivity index (χ3v) is 6.55. The predicted molar refractivity (Wildman–Crippen MR) is 90.2 cm³/mol. The summed E-state index contributed by atoms with van der Waals surface area (Å²) in [6, 6.07) is 9.16. The van der Waals surface area contributed by atoms with Crippen molar-refractivity contribution in [3.8, 4) is 0 Å². The molecule has 0 atom stereocenters. The van der Waals surface area contributed by atoms with Crippen molar-refractivity contribution in [2.45, 2.75) is 18.2 Å². The summed E-state index contributed by atoms with van der Waals surface area (Å²) in [5, 5.41) is 10.9. The molecule has 8 heteroatoms. The van der Waals surface area contributed by atoms with Crippen molar-refractivity contribution in [1.29, 1.82) is 0 Å². The summed E-state index contributed by atoms with van der Waals surface area (Å²) in [7, 11) is -3.74. The van der Waals surface area contributed by atoms with Crippen LogP contribution in [0.3, 0.4) is 0 Å². The van der Waals surface area contributed by atoms with Crippen molar-refractivity contribution in [2.75, 3.05) is 10.8 Å². The van der Waals surface area contributed by atoms with Gasteiger partial charge in [-0.05, 0) is 42.7 Å². The van der Waals surface area contributed by atoms with Crippen LogP contribution in [-0.2, 0) is 16.4 Å². The molecule has 0 fully saturated rings. The van der Waals surface area contributed by atoms with Gasteiger partial charge in [-0.25, -0.2) is 8.42 Å². The Morgan fingerprint density at radius 3 is 2.61 bits per heavy atom. The number of nitro groups is 1. The highest BCUT2D eigenvalue weighted by atomic mass is 79.9. The molecule has 1 aliphatic rings. The topological polar surface area (TPSA) is 80.5 Å². The molecule has 3 rings (SSSR count). The average molecular weight is 397 g/mol. The summed E-state index contributed by atoms with van der Waals surface area (Å²) in [6.45, 7) is 2.10. The molecule has 0 aliphatic carbocycles. The molecule has 120 valence electrons. The van der Waals surface area contributed by atoms with Crippen molar-refractivity contribution >= 4 is 37.3 Å². The summed E-state index contributed by atoms with van der Waals surface area (Å²) in [5.74, 6) is 0. The second-order valence-corrected chi connectivity index (χ2v) is 8.02. The molecule has 0 aromatic heterocycles. The molecule has 0 bridgehead atoms. The summed E-state index contributed by atoms with van der Waals surface area (Å²) in [6.07, 6.45) is 0.544. The number of benzene rings is 2. The van der Waals surface area contributed by atoms with Crippen LogP contribution in [-0.4, -0.2) is 19.9 Å². The van der Waals surface area contributed by atoms with Gasteiger partial charge in [-0.15, -0.1) is 0 Å². The van der Waals surface area contributed by atoms with Crippen molar-refractivity contribution < 1.29 is 13.3 Å². The molecule has 2 aromatic carbocycles. The van der Waals surface area contributed by atoms with E-state index in [0.717, 1.165) is 15.6 Å². The molecular weight excluding hydrogens is 384 g/mol. The Morgan fingerprint density at radius 2 is 1.96 bits per heavy atom. The molecule has 1 aliphatic heterocycles. The fourth-order valence-electron chi connectivity index (χ4n) is 2.61. The molecule has 0 saturated heterocycles. The zero-order valence-electron chi connectivity index (χ0n) is 12.2. The standard InChI is InChI=1S/C15H13BrN2O4S/c1-10-8-13(4-5-14(10)16)23(21,22)17-7-6-11-2-3-12(18(19)20)9-15(11)17/h2-5,8-9H,6-7H2,1H3. The summed E-state index contributed by atoms with van der Waals surface area (Å²) >= 11 is 3.35. The minimum atomic E-state index is -3.74. The third-order valence-electron chi connectivity index (χ3n) is 3.85. The van der Waals surface area contributed by atoms with Gasteiger partial charge in [0.05, 0.1) is 15.5 Å². The Morgan fingerprint density at radius 1 is 1.22 bits per heavy atom. The van der Waals surface area contributed by atoms with E-state index < -0.39 is 14.9 Å². The number of fused-ring (bicyclic) bond motifs is 1. The molecule has 1 heterocycles. The van der Waals surface area contributed by atoms with Gasteiger partial charge < -0.3 is 0 Å². The second-order valence-electron chi connectivity index (χ2n) is 5.31. The van der Waals surface area contributed by atoms with Gasteiger partial charge in [0.25, 0.3) is 15.7 Å². The van der Waals surface area contributed by atoms with Crippen LogP contribution in [0.25, 0.3) is 0 Å². The van der Waals surface area contributed by atoms with Crippen LogP contribution in [0.5, 0.6) is 0 Å². The highest BCUT2D eigenvalue weighted by molar-refractivity contribution is 9.10. The third kappa shape index (κ3) is 2.72. The van der Waals surface area contributed by atoms with E-state index in [-0.39, 0.29) is 17.1 Å². The lowest BCUT2D eigenvalue weighted by Gasteiger charge is -2.20. The second kappa shape index (κ2) is 5.61. The highest BCUT2D eigenvalue weighted by Gasteiger charge is 2.32. The lowest BCUT2D eigenvalue weighted by atomic mass is 10.1. The van der Waals surface area contributed by atoms with E-state index in [1.165, 1.54) is 22.5 Å². The number of halogens is 1. The Hall–Kier alpha value is -1.93. The van der Waals surface area contributed by atoms with Gasteiger partial charge in [-0.2, -0.15) is 0 Å². The molecule has 0 N–H and O–H groups in total. The van der Waals surface area contributed by atoms with E-state index in [9.17, 15) is 18.5 Å². The van der Waals surface area contributed by atoms with Gasteiger partial charge in [-0.1, -0.05) is 22.0 Å². The van der Waals surface area contributed by atoms with E-state index in [1.807, 2.05) is 6.92 Å². The SMILES string of the molecule is Cc1cc(S(=O)(=O)N2CCc3ccc([N+](=O)[O-])cc32)ccc1Br. The minimum absolute atomic E-state index is 0.113. The smallest absolute Gasteiger partial charge is 0.265 e. The number of anilines is 1. The van der Waals surface area contributed by atoms with Gasteiger partial charge in [0.1, 0.15) is 0 Å². The number of hydrogen-bond donors (Lipinski definition) is 0. The number of sulfonamides is 1. The number of non-ortho nitro benzene ring substituents is 1. The van der Waals surface area contributed by atoms with Crippen molar-refractivity contribution in [3.63, 3.8) is 0 Å². The normalized spacial score (nSPS) is 13.9. The Bertz CT molecular complexity index is 912. The zero-order chi connectivity index (χ0) is 16.8. The molecule has 2 aromatic rings. The van der Waals surface area contributed by atoms with Crippen LogP contribution in [0.4, 0.5) is 11.4 Å². The number of nitro benzene ring substituents is 1. The first-order valence-electron chi connectivity index (χ1n) is 6.87. The summed E-state index contributed by atoms with van der Waals surface area (Å²) < 4.78 is 27.8. The molecule has 0 saturated carbocycles. The average Bonchev–Trinajstić information content (AvgIpc) is 2.93. The van der Waals surface area contributed by atoms with Crippen molar-refractivity contribution in [2.24, 2.45) is 0 Å². The van der Waals surface area contributed by atoms with E-state index in [2.05, 4.69) is 15.9 Å². The highest BCUT2D eigenvalue weighted by Crippen LogP contribution is 2.36. The predicted octanol–water partition coefficient (Wildman–Crippen LogP) is 3.42. The molecule has 0 spiro atoms. The maximum absolute atomic E-state index is 12.9. The van der Waals surface area contributed by atoms with Crippen LogP contribution in [0.1, 0.15) is 11.1 Å². The first-order valence-corrected chi connectivity index (χ1v) is 9.10. The number of rotatable bonds is 3. The quantitative estimate of drug-likeness (QED) is 0.587. The fourth-order valence-corrected chi connectivity index (χ4v) is 4.43. The van der Waals surface area contributed by atoms with Gasteiger partial charge in [0, 0.05) is 23.2 Å². The lowest BCUT2D eigenvalue weighted by Crippen LogP contribution is -2.29. The van der Waals surface area contributed by atoms with E-state index in [1.54, 1.807) is 18.2 Å². The Labute approximate surface area is 142 Å².